The lowest BCUT2D eigenvalue weighted by Gasteiger charge is -2.33. The first-order valence-electron chi connectivity index (χ1n) is 8.22. The second-order valence-electron chi connectivity index (χ2n) is 6.38. The Balaban J connectivity index is 1.68. The minimum absolute atomic E-state index is 0.00116. The molecule has 0 unspecified atom stereocenters. The van der Waals surface area contributed by atoms with E-state index in [4.69, 9.17) is 9.84 Å². The highest BCUT2D eigenvalue weighted by atomic mass is 19.1. The standard InChI is InChI=1S/C17H18F2N2O5/c18-11-1-2-14(13(19)6-11)21-8-10(5-15(21)22)17(25)20-3-4-26-12(9-20)7-16(23)24/h1-2,6,10,12H,3-5,7-9H2,(H,23,24)/t10-,12-/m0/s1. The zero-order chi connectivity index (χ0) is 18.8. The first kappa shape index (κ1) is 18.2. The molecule has 2 atom stereocenters. The van der Waals surface area contributed by atoms with Crippen LogP contribution in [0.3, 0.4) is 0 Å². The molecule has 2 aliphatic heterocycles. The summed E-state index contributed by atoms with van der Waals surface area (Å²) in [7, 11) is 0. The summed E-state index contributed by atoms with van der Waals surface area (Å²) in [6.45, 7) is 0.674. The molecule has 2 saturated heterocycles. The number of benzene rings is 1. The van der Waals surface area contributed by atoms with Crippen molar-refractivity contribution in [1.29, 1.82) is 0 Å². The first-order valence-corrected chi connectivity index (χ1v) is 8.22. The van der Waals surface area contributed by atoms with E-state index in [0.717, 1.165) is 11.0 Å². The van der Waals surface area contributed by atoms with Crippen molar-refractivity contribution in [1.82, 2.24) is 4.90 Å². The van der Waals surface area contributed by atoms with E-state index in [9.17, 15) is 23.2 Å². The zero-order valence-electron chi connectivity index (χ0n) is 13.9. The predicted octanol–water partition coefficient (Wildman–Crippen LogP) is 1.02. The van der Waals surface area contributed by atoms with E-state index in [1.54, 1.807) is 0 Å². The molecular weight excluding hydrogens is 350 g/mol. The molecule has 2 aliphatic rings. The van der Waals surface area contributed by atoms with Crippen LogP contribution in [-0.4, -0.2) is 60.1 Å². The average molecular weight is 368 g/mol. The summed E-state index contributed by atoms with van der Waals surface area (Å²) in [5.74, 6) is -3.98. The number of ether oxygens (including phenoxy) is 1. The van der Waals surface area contributed by atoms with Crippen LogP contribution in [-0.2, 0) is 19.1 Å². The molecule has 0 saturated carbocycles. The molecule has 140 valence electrons. The highest BCUT2D eigenvalue weighted by Gasteiger charge is 2.39. The number of halogens is 2. The summed E-state index contributed by atoms with van der Waals surface area (Å²) in [6, 6.07) is 2.92. The van der Waals surface area contributed by atoms with Gasteiger partial charge in [-0.3, -0.25) is 14.4 Å². The van der Waals surface area contributed by atoms with Crippen molar-refractivity contribution >= 4 is 23.5 Å². The predicted molar refractivity (Wildman–Crippen MR) is 85.4 cm³/mol. The molecule has 2 heterocycles. The minimum atomic E-state index is -1.02. The monoisotopic (exact) mass is 368 g/mol. The SMILES string of the molecule is O=C(O)C[C@H]1CN(C(=O)[C@H]2CC(=O)N(c3ccc(F)cc3F)C2)CCO1. The van der Waals surface area contributed by atoms with Gasteiger partial charge in [0, 0.05) is 32.1 Å². The van der Waals surface area contributed by atoms with Crippen molar-refractivity contribution in [3.05, 3.63) is 29.8 Å². The van der Waals surface area contributed by atoms with Crippen LogP contribution in [0, 0.1) is 17.6 Å². The lowest BCUT2D eigenvalue weighted by atomic mass is 10.1. The maximum atomic E-state index is 13.9. The van der Waals surface area contributed by atoms with Crippen molar-refractivity contribution in [3.8, 4) is 0 Å². The second kappa shape index (κ2) is 7.36. The number of carboxylic acids is 1. The summed E-state index contributed by atoms with van der Waals surface area (Å²) in [4.78, 5) is 38.3. The molecule has 0 aromatic heterocycles. The number of nitrogens with zero attached hydrogens (tertiary/aromatic N) is 2. The fraction of sp³-hybridized carbons (Fsp3) is 0.471. The van der Waals surface area contributed by atoms with Crippen LogP contribution in [0.25, 0.3) is 0 Å². The van der Waals surface area contributed by atoms with E-state index >= 15 is 0 Å². The summed E-state index contributed by atoms with van der Waals surface area (Å²) in [5, 5.41) is 8.85. The van der Waals surface area contributed by atoms with Crippen molar-refractivity contribution in [2.45, 2.75) is 18.9 Å². The van der Waals surface area contributed by atoms with Gasteiger partial charge in [0.15, 0.2) is 0 Å². The molecule has 0 spiro atoms. The average Bonchev–Trinajstić information content (AvgIpc) is 2.95. The van der Waals surface area contributed by atoms with E-state index in [1.165, 1.54) is 11.0 Å². The number of aliphatic carboxylic acids is 1. The first-order chi connectivity index (χ1) is 12.3. The van der Waals surface area contributed by atoms with Crippen LogP contribution in [0.2, 0.25) is 0 Å². The molecule has 0 aliphatic carbocycles. The van der Waals surface area contributed by atoms with Crippen molar-refractivity contribution in [3.63, 3.8) is 0 Å². The Morgan fingerprint density at radius 3 is 2.73 bits per heavy atom. The molecule has 3 rings (SSSR count). The van der Waals surface area contributed by atoms with Crippen LogP contribution < -0.4 is 4.90 Å². The van der Waals surface area contributed by atoms with Gasteiger partial charge in [-0.25, -0.2) is 8.78 Å². The Morgan fingerprint density at radius 2 is 2.04 bits per heavy atom. The number of hydrogen-bond donors (Lipinski definition) is 1. The quantitative estimate of drug-likeness (QED) is 0.858. The normalized spacial score (nSPS) is 23.4. The lowest BCUT2D eigenvalue weighted by Crippen LogP contribution is -2.48. The molecule has 1 N–H and O–H groups in total. The van der Waals surface area contributed by atoms with Crippen LogP contribution in [0.5, 0.6) is 0 Å². The number of anilines is 1. The highest BCUT2D eigenvalue weighted by Crippen LogP contribution is 2.29. The summed E-state index contributed by atoms with van der Waals surface area (Å²) >= 11 is 0. The molecule has 1 aromatic carbocycles. The van der Waals surface area contributed by atoms with Crippen molar-refractivity contribution < 1.29 is 33.0 Å². The molecule has 2 fully saturated rings. The molecule has 0 radical (unpaired) electrons. The molecule has 1 aromatic rings. The van der Waals surface area contributed by atoms with Crippen LogP contribution >= 0.6 is 0 Å². The topological polar surface area (TPSA) is 87.2 Å². The number of rotatable bonds is 4. The maximum absolute atomic E-state index is 13.9. The van der Waals surface area contributed by atoms with Crippen LogP contribution in [0.1, 0.15) is 12.8 Å². The summed E-state index contributed by atoms with van der Waals surface area (Å²) < 4.78 is 32.3. The fourth-order valence-electron chi connectivity index (χ4n) is 3.30. The van der Waals surface area contributed by atoms with Gasteiger partial charge < -0.3 is 19.6 Å². The summed E-state index contributed by atoms with van der Waals surface area (Å²) in [6.07, 6.45) is -0.871. The van der Waals surface area contributed by atoms with Gasteiger partial charge in [-0.1, -0.05) is 0 Å². The Bertz CT molecular complexity index is 742. The highest BCUT2D eigenvalue weighted by molar-refractivity contribution is 6.00. The van der Waals surface area contributed by atoms with E-state index in [2.05, 4.69) is 0 Å². The van der Waals surface area contributed by atoms with Gasteiger partial charge in [-0.15, -0.1) is 0 Å². The van der Waals surface area contributed by atoms with Gasteiger partial charge in [0.1, 0.15) is 11.6 Å². The minimum Gasteiger partial charge on any atom is -0.481 e. The van der Waals surface area contributed by atoms with Gasteiger partial charge in [-0.2, -0.15) is 0 Å². The number of hydrogen-bond acceptors (Lipinski definition) is 4. The maximum Gasteiger partial charge on any atom is 0.306 e. The van der Waals surface area contributed by atoms with Gasteiger partial charge >= 0.3 is 5.97 Å². The van der Waals surface area contributed by atoms with Gasteiger partial charge in [-0.05, 0) is 12.1 Å². The molecule has 7 nitrogen and oxygen atoms in total. The third-order valence-corrected chi connectivity index (χ3v) is 4.53. The Morgan fingerprint density at radius 1 is 1.27 bits per heavy atom. The van der Waals surface area contributed by atoms with Crippen molar-refractivity contribution in [2.75, 3.05) is 31.1 Å². The number of morpholine rings is 1. The third-order valence-electron chi connectivity index (χ3n) is 4.53. The second-order valence-corrected chi connectivity index (χ2v) is 6.38. The summed E-state index contributed by atoms with van der Waals surface area (Å²) in [5.41, 5.74) is -0.0579. The lowest BCUT2D eigenvalue weighted by molar-refractivity contribution is -0.149. The Labute approximate surface area is 148 Å². The smallest absolute Gasteiger partial charge is 0.306 e. The number of carbonyl (C=O) groups excluding carboxylic acids is 2. The Kier molecular flexibility index (Phi) is 5.17. The zero-order valence-corrected chi connectivity index (χ0v) is 13.9. The molecule has 9 heteroatoms. The van der Waals surface area contributed by atoms with Crippen LogP contribution in [0.15, 0.2) is 18.2 Å². The molecule has 2 amide bonds. The van der Waals surface area contributed by atoms with E-state index in [1.807, 2.05) is 0 Å². The van der Waals surface area contributed by atoms with E-state index in [0.29, 0.717) is 12.6 Å². The third kappa shape index (κ3) is 3.82. The van der Waals surface area contributed by atoms with Crippen LogP contribution in [0.4, 0.5) is 14.5 Å². The van der Waals surface area contributed by atoms with Gasteiger partial charge in [0.2, 0.25) is 11.8 Å². The molecule has 26 heavy (non-hydrogen) atoms. The Hall–Kier alpha value is -2.55. The number of carboxylic acid groups (broad SMARTS) is 1. The fourth-order valence-corrected chi connectivity index (χ4v) is 3.30. The van der Waals surface area contributed by atoms with Gasteiger partial charge in [0.25, 0.3) is 0 Å². The van der Waals surface area contributed by atoms with E-state index < -0.39 is 35.5 Å². The number of amides is 2. The van der Waals surface area contributed by atoms with Gasteiger partial charge in [0.05, 0.1) is 30.7 Å². The van der Waals surface area contributed by atoms with Crippen molar-refractivity contribution in [2.24, 2.45) is 5.92 Å². The molecular formula is C17H18F2N2O5. The number of carbonyl (C=O) groups is 3. The molecule has 0 bridgehead atoms. The largest absolute Gasteiger partial charge is 0.481 e. The van der Waals surface area contributed by atoms with E-state index in [-0.39, 0.29) is 44.1 Å².